The average molecular weight is 278 g/mol. The van der Waals surface area contributed by atoms with Crippen molar-refractivity contribution in [1.82, 2.24) is 0 Å². The molecule has 1 rings (SSSR count). The van der Waals surface area contributed by atoms with Gasteiger partial charge in [-0.3, -0.25) is 0 Å². The van der Waals surface area contributed by atoms with Gasteiger partial charge in [-0.05, 0) is 25.3 Å². The molecule has 3 N–H and O–H groups in total. The molecule has 0 heterocycles. The van der Waals surface area contributed by atoms with Gasteiger partial charge in [-0.1, -0.05) is 40.0 Å². The highest BCUT2D eigenvalue weighted by Crippen LogP contribution is 2.24. The van der Waals surface area contributed by atoms with Crippen molar-refractivity contribution in [1.29, 1.82) is 0 Å². The second-order valence-corrected chi connectivity index (χ2v) is 5.41. The Morgan fingerprint density at radius 3 is 2.50 bits per heavy atom. The van der Waals surface area contributed by atoms with E-state index in [4.69, 9.17) is 10.5 Å². The van der Waals surface area contributed by atoms with Crippen LogP contribution in [-0.4, -0.2) is 12.6 Å². The van der Waals surface area contributed by atoms with Crippen LogP contribution < -0.4 is 15.8 Å². The molecule has 1 unspecified atom stereocenters. The number of nitrogens with one attached hydrogen (secondary N) is 1. The molecule has 114 valence electrons. The van der Waals surface area contributed by atoms with Gasteiger partial charge in [0.25, 0.3) is 0 Å². The Labute approximate surface area is 123 Å². The van der Waals surface area contributed by atoms with Crippen LogP contribution in [0.4, 0.5) is 11.4 Å². The number of benzene rings is 1. The summed E-state index contributed by atoms with van der Waals surface area (Å²) in [6, 6.07) is 6.47. The van der Waals surface area contributed by atoms with Crippen LogP contribution in [-0.2, 0) is 0 Å². The molecule has 3 heteroatoms. The molecule has 0 radical (unpaired) electrons. The Kier molecular flexibility index (Phi) is 7.93. The molecule has 0 saturated carbocycles. The van der Waals surface area contributed by atoms with E-state index in [0.29, 0.717) is 6.04 Å². The second kappa shape index (κ2) is 9.51. The van der Waals surface area contributed by atoms with E-state index in [0.717, 1.165) is 30.2 Å². The van der Waals surface area contributed by atoms with E-state index < -0.39 is 0 Å². The second-order valence-electron chi connectivity index (χ2n) is 5.41. The lowest BCUT2D eigenvalue weighted by Gasteiger charge is -2.20. The third-order valence-electron chi connectivity index (χ3n) is 3.32. The van der Waals surface area contributed by atoms with Crippen LogP contribution in [0.25, 0.3) is 0 Å². The quantitative estimate of drug-likeness (QED) is 0.603. The molecule has 20 heavy (non-hydrogen) atoms. The summed E-state index contributed by atoms with van der Waals surface area (Å²) in [5.74, 6) is 0.861. The van der Waals surface area contributed by atoms with Crippen LogP contribution in [0, 0.1) is 0 Å². The first-order valence-electron chi connectivity index (χ1n) is 7.99. The first-order valence-corrected chi connectivity index (χ1v) is 7.99. The lowest BCUT2D eigenvalue weighted by molar-refractivity contribution is 0.317. The summed E-state index contributed by atoms with van der Waals surface area (Å²) in [4.78, 5) is 0. The molecule has 0 fully saturated rings. The Bertz CT molecular complexity index is 379. The topological polar surface area (TPSA) is 47.3 Å². The van der Waals surface area contributed by atoms with Crippen LogP contribution >= 0.6 is 0 Å². The van der Waals surface area contributed by atoms with Crippen molar-refractivity contribution in [3.05, 3.63) is 18.2 Å². The number of nitrogen functional groups attached to an aromatic ring is 1. The maximum Gasteiger partial charge on any atom is 0.123 e. The first-order chi connectivity index (χ1) is 9.69. The molecule has 0 bridgehead atoms. The fraction of sp³-hybridized carbons (Fsp3) is 0.647. The molecule has 1 atom stereocenters. The largest absolute Gasteiger partial charge is 0.493 e. The molecule has 0 aliphatic heterocycles. The van der Waals surface area contributed by atoms with Crippen molar-refractivity contribution in [2.45, 2.75) is 65.3 Å². The van der Waals surface area contributed by atoms with Gasteiger partial charge >= 0.3 is 0 Å². The minimum atomic E-state index is 0.528. The van der Waals surface area contributed by atoms with Gasteiger partial charge in [-0.25, -0.2) is 0 Å². The van der Waals surface area contributed by atoms with Crippen molar-refractivity contribution in [2.24, 2.45) is 0 Å². The molecule has 0 aromatic heterocycles. The summed E-state index contributed by atoms with van der Waals surface area (Å²) in [6.07, 6.45) is 7.11. The van der Waals surface area contributed by atoms with Crippen LogP contribution in [0.1, 0.15) is 59.3 Å². The maximum absolute atomic E-state index is 5.96. The van der Waals surface area contributed by atoms with Crippen LogP contribution in [0.15, 0.2) is 18.2 Å². The monoisotopic (exact) mass is 278 g/mol. The van der Waals surface area contributed by atoms with Gasteiger partial charge in [0.1, 0.15) is 5.75 Å². The summed E-state index contributed by atoms with van der Waals surface area (Å²) in [6.45, 7) is 7.31. The summed E-state index contributed by atoms with van der Waals surface area (Å²) < 4.78 is 5.68. The van der Waals surface area contributed by atoms with Crippen LogP contribution in [0.2, 0.25) is 0 Å². The van der Waals surface area contributed by atoms with Gasteiger partial charge in [0, 0.05) is 29.5 Å². The summed E-state index contributed by atoms with van der Waals surface area (Å²) in [7, 11) is 0. The van der Waals surface area contributed by atoms with Crippen LogP contribution in [0.3, 0.4) is 0 Å². The van der Waals surface area contributed by atoms with E-state index in [2.05, 4.69) is 32.2 Å². The van der Waals surface area contributed by atoms with E-state index in [1.54, 1.807) is 0 Å². The molecule has 0 saturated heterocycles. The van der Waals surface area contributed by atoms with E-state index in [1.807, 2.05) is 12.1 Å². The number of anilines is 2. The SMILES string of the molecule is CCCCC(CCC)Nc1cc(N)cc(OCCC)c1. The zero-order chi connectivity index (χ0) is 14.8. The third-order valence-corrected chi connectivity index (χ3v) is 3.32. The lowest BCUT2D eigenvalue weighted by atomic mass is 10.0. The van der Waals surface area contributed by atoms with Crippen molar-refractivity contribution >= 4 is 11.4 Å². The molecular weight excluding hydrogens is 248 g/mol. The highest BCUT2D eigenvalue weighted by molar-refractivity contribution is 5.59. The van der Waals surface area contributed by atoms with Crippen molar-refractivity contribution in [2.75, 3.05) is 17.7 Å². The van der Waals surface area contributed by atoms with Gasteiger partial charge in [0.05, 0.1) is 6.61 Å². The zero-order valence-corrected chi connectivity index (χ0v) is 13.2. The Hall–Kier alpha value is -1.38. The molecule has 0 spiro atoms. The number of hydrogen-bond donors (Lipinski definition) is 2. The standard InChI is InChI=1S/C17H30N2O/c1-4-7-9-15(8-5-2)19-16-11-14(18)12-17(13-16)20-10-6-3/h11-13,15,19H,4-10,18H2,1-3H3. The van der Waals surface area contributed by atoms with E-state index in [1.165, 1.54) is 32.1 Å². The number of ether oxygens (including phenoxy) is 1. The Balaban J connectivity index is 2.69. The third kappa shape index (κ3) is 6.18. The molecular formula is C17H30N2O. The van der Waals surface area contributed by atoms with Gasteiger partial charge in [-0.2, -0.15) is 0 Å². The summed E-state index contributed by atoms with van der Waals surface area (Å²) in [5, 5.41) is 3.61. The highest BCUT2D eigenvalue weighted by atomic mass is 16.5. The van der Waals surface area contributed by atoms with Crippen molar-refractivity contribution in [3.63, 3.8) is 0 Å². The predicted octanol–water partition coefficient (Wildman–Crippen LogP) is 4.83. The van der Waals surface area contributed by atoms with E-state index >= 15 is 0 Å². The smallest absolute Gasteiger partial charge is 0.123 e. The number of unbranched alkanes of at least 4 members (excludes halogenated alkanes) is 1. The summed E-state index contributed by atoms with van der Waals surface area (Å²) in [5.41, 5.74) is 7.79. The fourth-order valence-electron chi connectivity index (χ4n) is 2.33. The molecule has 1 aromatic rings. The minimum Gasteiger partial charge on any atom is -0.493 e. The molecule has 0 amide bonds. The van der Waals surface area contributed by atoms with Gasteiger partial charge < -0.3 is 15.8 Å². The van der Waals surface area contributed by atoms with Gasteiger partial charge in [-0.15, -0.1) is 0 Å². The normalized spacial score (nSPS) is 12.2. The zero-order valence-electron chi connectivity index (χ0n) is 13.2. The number of nitrogens with two attached hydrogens (primary N) is 1. The minimum absolute atomic E-state index is 0.528. The molecule has 0 aliphatic carbocycles. The van der Waals surface area contributed by atoms with E-state index in [-0.39, 0.29) is 0 Å². The highest BCUT2D eigenvalue weighted by Gasteiger charge is 2.08. The predicted molar refractivity (Wildman–Crippen MR) is 88.5 cm³/mol. The fourth-order valence-corrected chi connectivity index (χ4v) is 2.33. The number of rotatable bonds is 10. The number of hydrogen-bond acceptors (Lipinski definition) is 3. The average Bonchev–Trinajstić information content (AvgIpc) is 2.42. The lowest BCUT2D eigenvalue weighted by Crippen LogP contribution is -2.19. The van der Waals surface area contributed by atoms with Gasteiger partial charge in [0.15, 0.2) is 0 Å². The van der Waals surface area contributed by atoms with Crippen molar-refractivity contribution < 1.29 is 4.74 Å². The molecule has 1 aromatic carbocycles. The Morgan fingerprint density at radius 2 is 1.85 bits per heavy atom. The first kappa shape index (κ1) is 16.7. The molecule has 0 aliphatic rings. The van der Waals surface area contributed by atoms with E-state index in [9.17, 15) is 0 Å². The van der Waals surface area contributed by atoms with Crippen molar-refractivity contribution in [3.8, 4) is 5.75 Å². The summed E-state index contributed by atoms with van der Waals surface area (Å²) >= 11 is 0. The maximum atomic E-state index is 5.96. The Morgan fingerprint density at radius 1 is 1.05 bits per heavy atom. The van der Waals surface area contributed by atoms with Crippen LogP contribution in [0.5, 0.6) is 5.75 Å². The van der Waals surface area contributed by atoms with Gasteiger partial charge in [0.2, 0.25) is 0 Å². The molecule has 3 nitrogen and oxygen atoms in total.